The average Bonchev–Trinajstić information content (AvgIpc) is 2.74. The third-order valence-corrected chi connectivity index (χ3v) is 2.53. The molecular formula is C11H8ClFO2. The lowest BCUT2D eigenvalue weighted by atomic mass is 10.0. The topological polar surface area (TPSA) is 33.4 Å². The molecule has 1 aromatic heterocycles. The van der Waals surface area contributed by atoms with Gasteiger partial charge < -0.3 is 9.52 Å². The first-order valence-corrected chi connectivity index (χ1v) is 4.72. The highest BCUT2D eigenvalue weighted by atomic mass is 35.5. The van der Waals surface area contributed by atoms with Crippen molar-refractivity contribution in [3.63, 3.8) is 0 Å². The van der Waals surface area contributed by atoms with Crippen LogP contribution in [0.5, 0.6) is 0 Å². The van der Waals surface area contributed by atoms with E-state index in [9.17, 15) is 9.50 Å². The van der Waals surface area contributed by atoms with Gasteiger partial charge in [-0.2, -0.15) is 0 Å². The molecule has 0 aliphatic heterocycles. The Morgan fingerprint density at radius 1 is 1.33 bits per heavy atom. The minimum absolute atomic E-state index is 0.0637. The molecule has 4 heteroatoms. The first-order chi connectivity index (χ1) is 7.20. The second-order valence-electron chi connectivity index (χ2n) is 3.10. The van der Waals surface area contributed by atoms with Crippen molar-refractivity contribution in [1.29, 1.82) is 0 Å². The highest BCUT2D eigenvalue weighted by molar-refractivity contribution is 6.31. The molecular weight excluding hydrogens is 219 g/mol. The summed E-state index contributed by atoms with van der Waals surface area (Å²) >= 11 is 5.74. The Kier molecular flexibility index (Phi) is 2.75. The van der Waals surface area contributed by atoms with E-state index in [1.54, 1.807) is 12.1 Å². The number of benzene rings is 1. The number of rotatable bonds is 2. The molecule has 1 atom stereocenters. The van der Waals surface area contributed by atoms with Crippen molar-refractivity contribution in [3.05, 3.63) is 58.8 Å². The van der Waals surface area contributed by atoms with E-state index in [0.29, 0.717) is 11.1 Å². The second-order valence-corrected chi connectivity index (χ2v) is 3.48. The zero-order chi connectivity index (χ0) is 10.8. The molecule has 2 rings (SSSR count). The van der Waals surface area contributed by atoms with Gasteiger partial charge in [0.1, 0.15) is 11.9 Å². The van der Waals surface area contributed by atoms with Gasteiger partial charge in [-0.25, -0.2) is 4.39 Å². The van der Waals surface area contributed by atoms with Gasteiger partial charge in [0.15, 0.2) is 0 Å². The summed E-state index contributed by atoms with van der Waals surface area (Å²) in [7, 11) is 0. The predicted octanol–water partition coefficient (Wildman–Crippen LogP) is 3.15. The first-order valence-electron chi connectivity index (χ1n) is 4.34. The molecule has 0 aliphatic rings. The summed E-state index contributed by atoms with van der Waals surface area (Å²) in [6, 6.07) is 5.92. The Bertz CT molecular complexity index is 454. The quantitative estimate of drug-likeness (QED) is 0.853. The number of aliphatic hydroxyl groups excluding tert-OH is 1. The minimum atomic E-state index is -0.966. The van der Waals surface area contributed by atoms with Crippen LogP contribution in [0, 0.1) is 5.82 Å². The molecule has 2 aromatic rings. The normalized spacial score (nSPS) is 12.7. The molecule has 1 heterocycles. The van der Waals surface area contributed by atoms with Crippen LogP contribution in [0.25, 0.3) is 0 Å². The van der Waals surface area contributed by atoms with E-state index < -0.39 is 11.9 Å². The van der Waals surface area contributed by atoms with Crippen LogP contribution in [-0.4, -0.2) is 5.11 Å². The van der Waals surface area contributed by atoms with E-state index in [2.05, 4.69) is 0 Å². The van der Waals surface area contributed by atoms with Crippen LogP contribution >= 0.6 is 11.6 Å². The maximum Gasteiger partial charge on any atom is 0.142 e. The van der Waals surface area contributed by atoms with Gasteiger partial charge in [0, 0.05) is 11.1 Å². The van der Waals surface area contributed by atoms with Gasteiger partial charge in [0.2, 0.25) is 0 Å². The fraction of sp³-hybridized carbons (Fsp3) is 0.0909. The van der Waals surface area contributed by atoms with Crippen molar-refractivity contribution in [1.82, 2.24) is 0 Å². The van der Waals surface area contributed by atoms with Gasteiger partial charge in [0.05, 0.1) is 17.5 Å². The third kappa shape index (κ3) is 1.89. The van der Waals surface area contributed by atoms with Crippen LogP contribution < -0.4 is 0 Å². The fourth-order valence-corrected chi connectivity index (χ4v) is 1.57. The number of halogens is 2. The van der Waals surface area contributed by atoms with Crippen LogP contribution in [0.1, 0.15) is 17.2 Å². The van der Waals surface area contributed by atoms with E-state index in [4.69, 9.17) is 16.0 Å². The van der Waals surface area contributed by atoms with E-state index in [1.807, 2.05) is 0 Å². The van der Waals surface area contributed by atoms with Gasteiger partial charge >= 0.3 is 0 Å². The van der Waals surface area contributed by atoms with Crippen molar-refractivity contribution < 1.29 is 13.9 Å². The molecule has 1 unspecified atom stereocenters. The fourth-order valence-electron chi connectivity index (χ4n) is 1.34. The van der Waals surface area contributed by atoms with Crippen molar-refractivity contribution in [2.24, 2.45) is 0 Å². The molecule has 2 nitrogen and oxygen atoms in total. The average molecular weight is 227 g/mol. The molecule has 0 radical (unpaired) electrons. The zero-order valence-electron chi connectivity index (χ0n) is 7.65. The van der Waals surface area contributed by atoms with Crippen LogP contribution in [0.4, 0.5) is 4.39 Å². The highest BCUT2D eigenvalue weighted by Crippen LogP contribution is 2.29. The SMILES string of the molecule is OC(c1ccoc1)c1cccc(F)c1Cl. The second kappa shape index (κ2) is 4.04. The van der Waals surface area contributed by atoms with Gasteiger partial charge in [0.25, 0.3) is 0 Å². The van der Waals surface area contributed by atoms with E-state index >= 15 is 0 Å². The molecule has 1 aromatic carbocycles. The number of furan rings is 1. The van der Waals surface area contributed by atoms with Crippen LogP contribution in [0.2, 0.25) is 5.02 Å². The summed E-state index contributed by atoms with van der Waals surface area (Å²) in [6.45, 7) is 0. The number of hydrogen-bond acceptors (Lipinski definition) is 2. The molecule has 78 valence electrons. The Morgan fingerprint density at radius 3 is 2.80 bits per heavy atom. The maximum atomic E-state index is 13.1. The lowest BCUT2D eigenvalue weighted by Crippen LogP contribution is -1.99. The third-order valence-electron chi connectivity index (χ3n) is 2.13. The van der Waals surface area contributed by atoms with E-state index in [-0.39, 0.29) is 5.02 Å². The summed E-state index contributed by atoms with van der Waals surface area (Å²) < 4.78 is 17.9. The molecule has 0 amide bonds. The Hall–Kier alpha value is -1.32. The summed E-state index contributed by atoms with van der Waals surface area (Å²) in [4.78, 5) is 0. The zero-order valence-corrected chi connectivity index (χ0v) is 8.41. The lowest BCUT2D eigenvalue weighted by Gasteiger charge is -2.10. The van der Waals surface area contributed by atoms with Crippen LogP contribution in [-0.2, 0) is 0 Å². The number of hydrogen-bond donors (Lipinski definition) is 1. The first kappa shape index (κ1) is 10.2. The van der Waals surface area contributed by atoms with Gasteiger partial charge in [-0.3, -0.25) is 0 Å². The summed E-state index contributed by atoms with van der Waals surface area (Å²) in [6.07, 6.45) is 1.87. The molecule has 0 saturated carbocycles. The molecule has 0 saturated heterocycles. The van der Waals surface area contributed by atoms with Gasteiger partial charge in [-0.05, 0) is 12.1 Å². The van der Waals surface area contributed by atoms with Crippen LogP contribution in [0.15, 0.2) is 41.2 Å². The Labute approximate surface area is 90.9 Å². The van der Waals surface area contributed by atoms with E-state index in [0.717, 1.165) is 0 Å². The highest BCUT2D eigenvalue weighted by Gasteiger charge is 2.16. The largest absolute Gasteiger partial charge is 0.472 e. The standard InChI is InChI=1S/C11H8ClFO2/c12-10-8(2-1-3-9(10)13)11(14)7-4-5-15-6-7/h1-6,11,14H. The minimum Gasteiger partial charge on any atom is -0.472 e. The van der Waals surface area contributed by atoms with E-state index in [1.165, 1.54) is 24.7 Å². The smallest absolute Gasteiger partial charge is 0.142 e. The lowest BCUT2D eigenvalue weighted by molar-refractivity contribution is 0.219. The molecule has 0 bridgehead atoms. The monoisotopic (exact) mass is 226 g/mol. The van der Waals surface area contributed by atoms with Crippen molar-refractivity contribution >= 4 is 11.6 Å². The molecule has 0 fully saturated rings. The molecule has 15 heavy (non-hydrogen) atoms. The summed E-state index contributed by atoms with van der Waals surface area (Å²) in [5.74, 6) is -0.545. The van der Waals surface area contributed by atoms with Gasteiger partial charge in [-0.15, -0.1) is 0 Å². The van der Waals surface area contributed by atoms with Gasteiger partial charge in [-0.1, -0.05) is 23.7 Å². The number of aliphatic hydroxyl groups is 1. The van der Waals surface area contributed by atoms with Crippen molar-refractivity contribution in [3.8, 4) is 0 Å². The van der Waals surface area contributed by atoms with Crippen LogP contribution in [0.3, 0.4) is 0 Å². The molecule has 0 aliphatic carbocycles. The maximum absolute atomic E-state index is 13.1. The van der Waals surface area contributed by atoms with Crippen molar-refractivity contribution in [2.45, 2.75) is 6.10 Å². The summed E-state index contributed by atoms with van der Waals surface area (Å²) in [5, 5.41) is 9.81. The Morgan fingerprint density at radius 2 is 2.13 bits per heavy atom. The van der Waals surface area contributed by atoms with Crippen molar-refractivity contribution in [2.75, 3.05) is 0 Å². The predicted molar refractivity (Wildman–Crippen MR) is 54.2 cm³/mol. The molecule has 0 spiro atoms. The molecule has 1 N–H and O–H groups in total. The Balaban J connectivity index is 2.42. The summed E-state index contributed by atoms with van der Waals surface area (Å²) in [5.41, 5.74) is 0.876.